The van der Waals surface area contributed by atoms with Crippen molar-refractivity contribution in [3.8, 4) is 23.0 Å². The number of ether oxygens (including phenoxy) is 4. The molecule has 0 aliphatic carbocycles. The summed E-state index contributed by atoms with van der Waals surface area (Å²) >= 11 is 0. The van der Waals surface area contributed by atoms with E-state index in [0.29, 0.717) is 36.6 Å². The summed E-state index contributed by atoms with van der Waals surface area (Å²) in [5.41, 5.74) is 8.05. The zero-order valence-corrected chi connectivity index (χ0v) is 42.5. The number of nitrogens with zero attached hydrogens (tertiary/aromatic N) is 2. The molecule has 13 nitrogen and oxygen atoms in total. The number of carbonyl (C=O) groups is 2. The summed E-state index contributed by atoms with van der Waals surface area (Å²) in [6, 6.07) is 30.1. The van der Waals surface area contributed by atoms with Crippen LogP contribution in [0.5, 0.6) is 23.0 Å². The largest absolute Gasteiger partial charge is 0.486 e. The average molecular weight is 1090 g/mol. The van der Waals surface area contributed by atoms with Crippen LogP contribution in [0.25, 0.3) is 21.5 Å². The van der Waals surface area contributed by atoms with E-state index in [9.17, 15) is 37.4 Å². The van der Waals surface area contributed by atoms with Crippen LogP contribution < -0.4 is 30.0 Å². The number of fused-ring (bicyclic) bond motifs is 4. The number of hydrogen-bond acceptors (Lipinski definition) is 11. The molecule has 0 unspecified atom stereocenters. The fourth-order valence-corrected chi connectivity index (χ4v) is 9.80. The average Bonchev–Trinajstić information content (AvgIpc) is 4.18. The molecule has 19 heteroatoms. The Morgan fingerprint density at radius 2 is 1.00 bits per heavy atom. The number of carbonyl (C=O) groups excluding carboxylic acids is 1. The quantitative estimate of drug-likeness (QED) is 0.0548. The molecule has 4 aliphatic rings. The molecule has 0 aromatic heterocycles. The highest BCUT2D eigenvalue weighted by Gasteiger charge is 2.41. The highest BCUT2D eigenvalue weighted by molar-refractivity contribution is 5.85. The van der Waals surface area contributed by atoms with E-state index < -0.39 is 72.5 Å². The summed E-state index contributed by atoms with van der Waals surface area (Å²) in [4.78, 5) is 27.3. The van der Waals surface area contributed by atoms with Crippen molar-refractivity contribution in [2.75, 3.05) is 65.7 Å². The molecular formula is C59H68F6N4O9. The zero-order valence-electron chi connectivity index (χ0n) is 42.5. The van der Waals surface area contributed by atoms with Gasteiger partial charge in [-0.15, -0.1) is 0 Å². The maximum Gasteiger partial charge on any atom is 0.374 e. The van der Waals surface area contributed by atoms with Crippen LogP contribution in [-0.4, -0.2) is 127 Å². The summed E-state index contributed by atoms with van der Waals surface area (Å²) in [7, 11) is 0. The third-order valence-corrected chi connectivity index (χ3v) is 14.1. The summed E-state index contributed by atoms with van der Waals surface area (Å²) in [6.45, 7) is 5.38. The Bertz CT molecular complexity index is 2980. The number of aryl methyl sites for hydroxylation is 2. The van der Waals surface area contributed by atoms with Gasteiger partial charge in [-0.3, -0.25) is 4.79 Å². The molecule has 0 spiro atoms. The molecule has 4 atom stereocenters. The van der Waals surface area contributed by atoms with Crippen LogP contribution in [0.4, 0.5) is 26.3 Å². The molecule has 10 rings (SSSR count). The maximum atomic E-state index is 15.0. The Balaban J connectivity index is 0.000000186. The molecule has 2 saturated heterocycles. The lowest BCUT2D eigenvalue weighted by atomic mass is 9.99. The van der Waals surface area contributed by atoms with Crippen molar-refractivity contribution < 1.29 is 70.2 Å². The lowest BCUT2D eigenvalue weighted by molar-refractivity contribution is -0.165. The second kappa shape index (κ2) is 26.8. The predicted molar refractivity (Wildman–Crippen MR) is 285 cm³/mol. The van der Waals surface area contributed by atoms with Crippen LogP contribution in [0.1, 0.15) is 80.4 Å². The van der Waals surface area contributed by atoms with Gasteiger partial charge in [0, 0.05) is 32.0 Å². The number of rotatable bonds is 17. The maximum absolute atomic E-state index is 15.0. The van der Waals surface area contributed by atoms with Gasteiger partial charge in [-0.2, -0.15) is 17.6 Å². The highest BCUT2D eigenvalue weighted by atomic mass is 19.3. The standard InChI is InChI=1S/C29H31F3N2O4.C15H21FN2O3.C14H12F2O2.CH4/c30-23-16-22(17-25-27(23)38-14-13-37-25)26(35)24(18-34-11-3-4-12-34)33-28(36)29(31,32)10-9-19-7-8-20-5-1-2-6-21(20)15-19;16-11-7-10(8-13-15(11)21-6-5-20-13)14(19)12(17)9-18-3-1-2-4-18;15-14(16,13(17)18)8-7-10-5-6-11-3-1-2-4-12(11)9-10;/h1-2,5-8,15-17,24,26,35H,3-4,9-14,18H2,(H,33,36);7-8,12,14,19H,1-6,9,17H2;1-6,9H,7-8H2,(H,17,18);1H4/t24-,26-;12-,14-;;/m11../s1. The van der Waals surface area contributed by atoms with Gasteiger partial charge in [-0.05, 0) is 133 Å². The van der Waals surface area contributed by atoms with Gasteiger partial charge in [0.1, 0.15) is 32.5 Å². The number of likely N-dealkylation sites (tertiary alicyclic amines) is 2. The molecule has 0 bridgehead atoms. The van der Waals surface area contributed by atoms with Crippen molar-refractivity contribution in [1.29, 1.82) is 0 Å². The molecule has 78 heavy (non-hydrogen) atoms. The van der Waals surface area contributed by atoms with Crippen molar-refractivity contribution in [3.05, 3.63) is 143 Å². The van der Waals surface area contributed by atoms with E-state index in [1.54, 1.807) is 18.2 Å². The Kier molecular flexibility index (Phi) is 20.3. The molecule has 1 amide bonds. The van der Waals surface area contributed by atoms with Crippen LogP contribution in [0, 0.1) is 11.6 Å². The number of carboxylic acids is 1. The van der Waals surface area contributed by atoms with Gasteiger partial charge in [-0.1, -0.05) is 92.4 Å². The minimum atomic E-state index is -3.66. The van der Waals surface area contributed by atoms with Crippen molar-refractivity contribution >= 4 is 33.4 Å². The minimum Gasteiger partial charge on any atom is -0.486 e. The first-order chi connectivity index (χ1) is 36.9. The lowest BCUT2D eigenvalue weighted by Gasteiger charge is -2.30. The number of halogens is 6. The highest BCUT2D eigenvalue weighted by Crippen LogP contribution is 2.38. The normalized spacial score (nSPS) is 16.9. The molecule has 2 fully saturated rings. The lowest BCUT2D eigenvalue weighted by Crippen LogP contribution is -2.51. The van der Waals surface area contributed by atoms with Crippen molar-refractivity contribution in [3.63, 3.8) is 0 Å². The monoisotopic (exact) mass is 1090 g/mol. The summed E-state index contributed by atoms with van der Waals surface area (Å²) in [5.74, 6) is -11.5. The van der Waals surface area contributed by atoms with Crippen LogP contribution in [0.15, 0.2) is 109 Å². The fourth-order valence-electron chi connectivity index (χ4n) is 9.80. The van der Waals surface area contributed by atoms with Crippen LogP contribution >= 0.6 is 0 Å². The zero-order chi connectivity index (χ0) is 54.7. The molecule has 6 aromatic rings. The molecular weight excluding hydrogens is 1020 g/mol. The van der Waals surface area contributed by atoms with E-state index >= 15 is 8.78 Å². The van der Waals surface area contributed by atoms with Gasteiger partial charge in [0.15, 0.2) is 34.6 Å². The number of nitrogens with one attached hydrogen (secondary N) is 1. The summed E-state index contributed by atoms with van der Waals surface area (Å²) < 4.78 is 106. The second-order valence-corrected chi connectivity index (χ2v) is 19.8. The minimum absolute atomic E-state index is 0. The summed E-state index contributed by atoms with van der Waals surface area (Å²) in [5, 5.41) is 36.2. The molecule has 6 N–H and O–H groups in total. The Morgan fingerprint density at radius 3 is 1.47 bits per heavy atom. The predicted octanol–water partition coefficient (Wildman–Crippen LogP) is 9.81. The molecule has 4 heterocycles. The SMILES string of the molecule is C.N[C@H](CN1CCCC1)[C@H](O)c1cc(F)c2c(c1)OCCO2.O=C(N[C@H](CN1CCCC1)[C@H](O)c1cc(F)c2c(c1)OCCO2)C(F)(F)CCc1ccc2ccccc2c1.O=C(O)C(F)(F)CCc1ccc2ccccc2c1. The van der Waals surface area contributed by atoms with Gasteiger partial charge >= 0.3 is 17.8 Å². The first kappa shape index (κ1) is 59.0. The van der Waals surface area contributed by atoms with E-state index in [4.69, 9.17) is 29.8 Å². The second-order valence-electron chi connectivity index (χ2n) is 19.8. The Labute approximate surface area is 449 Å². The number of carboxylic acid groups (broad SMARTS) is 1. The van der Waals surface area contributed by atoms with E-state index in [1.165, 1.54) is 25.0 Å². The molecule has 0 saturated carbocycles. The number of nitrogens with two attached hydrogens (primary N) is 1. The number of aliphatic hydroxyl groups is 2. The molecule has 6 aromatic carbocycles. The van der Waals surface area contributed by atoms with Gasteiger partial charge < -0.3 is 55.1 Å². The molecule has 420 valence electrons. The van der Waals surface area contributed by atoms with Gasteiger partial charge in [0.2, 0.25) is 0 Å². The van der Waals surface area contributed by atoms with Crippen LogP contribution in [-0.2, 0) is 22.4 Å². The fraction of sp³-hybridized carbons (Fsp3) is 0.424. The van der Waals surface area contributed by atoms with E-state index in [1.807, 2.05) is 77.7 Å². The first-order valence-corrected chi connectivity index (χ1v) is 25.9. The van der Waals surface area contributed by atoms with Crippen LogP contribution in [0.3, 0.4) is 0 Å². The molecule has 0 radical (unpaired) electrons. The van der Waals surface area contributed by atoms with Crippen molar-refractivity contribution in [1.82, 2.24) is 15.1 Å². The number of aliphatic carboxylic acids is 1. The first-order valence-electron chi connectivity index (χ1n) is 25.9. The van der Waals surface area contributed by atoms with E-state index in [2.05, 4.69) is 10.2 Å². The number of amides is 1. The number of hydrogen-bond donors (Lipinski definition) is 5. The van der Waals surface area contributed by atoms with E-state index in [-0.39, 0.29) is 62.8 Å². The van der Waals surface area contributed by atoms with Crippen molar-refractivity contribution in [2.24, 2.45) is 5.73 Å². The van der Waals surface area contributed by atoms with Crippen LogP contribution in [0.2, 0.25) is 0 Å². The Hall–Kier alpha value is -6.64. The summed E-state index contributed by atoms with van der Waals surface area (Å²) in [6.07, 6.45) is 0.569. The van der Waals surface area contributed by atoms with Crippen molar-refractivity contribution in [2.45, 2.75) is 94.9 Å². The van der Waals surface area contributed by atoms with Gasteiger partial charge in [-0.25, -0.2) is 13.6 Å². The number of aliphatic hydroxyl groups excluding tert-OH is 2. The van der Waals surface area contributed by atoms with E-state index in [0.717, 1.165) is 72.2 Å². The Morgan fingerprint density at radius 1 is 0.577 bits per heavy atom. The number of benzene rings is 6. The third-order valence-electron chi connectivity index (χ3n) is 14.1. The molecule has 4 aliphatic heterocycles. The van der Waals surface area contributed by atoms with Gasteiger partial charge in [0.25, 0.3) is 5.91 Å². The smallest absolute Gasteiger partial charge is 0.374 e. The van der Waals surface area contributed by atoms with Gasteiger partial charge in [0.05, 0.1) is 12.1 Å². The number of alkyl halides is 4. The third kappa shape index (κ3) is 15.3. The topological polar surface area (TPSA) is 176 Å².